The topological polar surface area (TPSA) is 80.4 Å². The summed E-state index contributed by atoms with van der Waals surface area (Å²) in [6.07, 6.45) is 5.82. The molecule has 0 heterocycles. The van der Waals surface area contributed by atoms with Gasteiger partial charge < -0.3 is 5.73 Å². The van der Waals surface area contributed by atoms with Crippen LogP contribution in [0.3, 0.4) is 0 Å². The van der Waals surface area contributed by atoms with E-state index in [0.29, 0.717) is 18.4 Å². The summed E-state index contributed by atoms with van der Waals surface area (Å²) in [6, 6.07) is 0.291. The average Bonchev–Trinajstić information content (AvgIpc) is 2.01. The highest BCUT2D eigenvalue weighted by Gasteiger charge is 2.19. The van der Waals surface area contributed by atoms with Gasteiger partial charge in [-0.2, -0.15) is 8.42 Å². The van der Waals surface area contributed by atoms with Crippen LogP contribution in [-0.4, -0.2) is 24.8 Å². The van der Waals surface area contributed by atoms with Crippen molar-refractivity contribution in [2.24, 2.45) is 11.7 Å². The average molecular weight is 221 g/mol. The van der Waals surface area contributed by atoms with E-state index in [4.69, 9.17) is 10.3 Å². The molecule has 5 heteroatoms. The van der Waals surface area contributed by atoms with Crippen LogP contribution in [0.5, 0.6) is 0 Å². The van der Waals surface area contributed by atoms with Crippen LogP contribution in [0.25, 0.3) is 0 Å². The van der Waals surface area contributed by atoms with E-state index in [-0.39, 0.29) is 5.75 Å². The molecule has 2 atom stereocenters. The van der Waals surface area contributed by atoms with Crippen molar-refractivity contribution in [2.75, 3.05) is 5.75 Å². The molecule has 0 amide bonds. The Kier molecular flexibility index (Phi) is 4.34. The molecule has 0 saturated heterocycles. The minimum Gasteiger partial charge on any atom is -0.328 e. The largest absolute Gasteiger partial charge is 0.328 e. The predicted molar refractivity (Wildman–Crippen MR) is 55.6 cm³/mol. The molecule has 0 aromatic heterocycles. The number of nitrogens with two attached hydrogens (primary N) is 1. The third-order valence-corrected chi connectivity index (χ3v) is 3.64. The maximum Gasteiger partial charge on any atom is 0.264 e. The molecule has 0 spiro atoms. The molecule has 3 N–H and O–H groups in total. The summed E-state index contributed by atoms with van der Waals surface area (Å²) in [7, 11) is -3.77. The van der Waals surface area contributed by atoms with Gasteiger partial charge in [0.15, 0.2) is 0 Å². The smallest absolute Gasteiger partial charge is 0.264 e. The van der Waals surface area contributed by atoms with Crippen LogP contribution in [0.2, 0.25) is 0 Å². The van der Waals surface area contributed by atoms with Crippen molar-refractivity contribution in [1.29, 1.82) is 0 Å². The monoisotopic (exact) mass is 221 g/mol. The molecule has 0 aliphatic heterocycles. The Bertz CT molecular complexity index is 263. The molecule has 2 unspecified atom stereocenters. The van der Waals surface area contributed by atoms with Crippen LogP contribution in [0.15, 0.2) is 0 Å². The van der Waals surface area contributed by atoms with Gasteiger partial charge in [-0.1, -0.05) is 12.8 Å². The lowest BCUT2D eigenvalue weighted by atomic mass is 9.84. The Balaban J connectivity index is 2.18. The van der Waals surface area contributed by atoms with Crippen molar-refractivity contribution >= 4 is 10.1 Å². The van der Waals surface area contributed by atoms with Gasteiger partial charge in [-0.25, -0.2) is 0 Å². The minimum absolute atomic E-state index is 0.112. The van der Waals surface area contributed by atoms with Crippen LogP contribution in [-0.2, 0) is 10.1 Å². The van der Waals surface area contributed by atoms with Gasteiger partial charge in [-0.3, -0.25) is 4.55 Å². The Morgan fingerprint density at radius 3 is 2.64 bits per heavy atom. The van der Waals surface area contributed by atoms with Gasteiger partial charge in [0.2, 0.25) is 0 Å². The summed E-state index contributed by atoms with van der Waals surface area (Å²) in [5.74, 6) is 0.444. The standard InChI is InChI=1S/C9H19NO3S/c10-9-5-1-3-8(7-9)4-2-6-14(11,12)13/h8-9H,1-7,10H2,(H,11,12,13). The van der Waals surface area contributed by atoms with Crippen molar-refractivity contribution in [2.45, 2.75) is 44.6 Å². The first-order valence-electron chi connectivity index (χ1n) is 5.18. The van der Waals surface area contributed by atoms with E-state index in [2.05, 4.69) is 0 Å². The van der Waals surface area contributed by atoms with Gasteiger partial charge in [-0.15, -0.1) is 0 Å². The van der Waals surface area contributed by atoms with E-state index in [9.17, 15) is 8.42 Å². The molecule has 84 valence electrons. The van der Waals surface area contributed by atoms with E-state index >= 15 is 0 Å². The van der Waals surface area contributed by atoms with Crippen LogP contribution in [0, 0.1) is 5.92 Å². The van der Waals surface area contributed by atoms with E-state index in [0.717, 1.165) is 32.1 Å². The molecule has 0 bridgehead atoms. The fourth-order valence-corrected chi connectivity index (χ4v) is 2.68. The summed E-state index contributed by atoms with van der Waals surface area (Å²) >= 11 is 0. The number of hydrogen-bond acceptors (Lipinski definition) is 3. The normalized spacial score (nSPS) is 29.0. The van der Waals surface area contributed by atoms with E-state index < -0.39 is 10.1 Å². The summed E-state index contributed by atoms with van der Waals surface area (Å²) in [5, 5.41) is 0. The van der Waals surface area contributed by atoms with Gasteiger partial charge in [0.25, 0.3) is 10.1 Å². The molecule has 1 rings (SSSR count). The third-order valence-electron chi connectivity index (χ3n) is 2.84. The second-order valence-corrected chi connectivity index (χ2v) is 5.79. The zero-order chi connectivity index (χ0) is 10.6. The lowest BCUT2D eigenvalue weighted by Crippen LogP contribution is -2.28. The number of hydrogen-bond donors (Lipinski definition) is 2. The first kappa shape index (κ1) is 11.9. The van der Waals surface area contributed by atoms with Crippen molar-refractivity contribution in [3.8, 4) is 0 Å². The van der Waals surface area contributed by atoms with Crippen molar-refractivity contribution in [3.05, 3.63) is 0 Å². The Labute approximate surface area is 85.6 Å². The van der Waals surface area contributed by atoms with Gasteiger partial charge in [0, 0.05) is 6.04 Å². The van der Waals surface area contributed by atoms with Crippen LogP contribution in [0.1, 0.15) is 38.5 Å². The lowest BCUT2D eigenvalue weighted by Gasteiger charge is -2.26. The highest BCUT2D eigenvalue weighted by molar-refractivity contribution is 7.85. The number of rotatable bonds is 4. The van der Waals surface area contributed by atoms with E-state index in [1.807, 2.05) is 0 Å². The minimum atomic E-state index is -3.77. The Morgan fingerprint density at radius 2 is 2.07 bits per heavy atom. The van der Waals surface area contributed by atoms with Crippen LogP contribution < -0.4 is 5.73 Å². The van der Waals surface area contributed by atoms with E-state index in [1.165, 1.54) is 0 Å². The Hall–Kier alpha value is -0.130. The van der Waals surface area contributed by atoms with Gasteiger partial charge in [0.05, 0.1) is 5.75 Å². The zero-order valence-electron chi connectivity index (χ0n) is 8.35. The summed E-state index contributed by atoms with van der Waals surface area (Å²) < 4.78 is 29.5. The molecule has 1 aliphatic rings. The van der Waals surface area contributed by atoms with Gasteiger partial charge in [0.1, 0.15) is 0 Å². The van der Waals surface area contributed by atoms with Crippen molar-refractivity contribution < 1.29 is 13.0 Å². The molecule has 1 fully saturated rings. The summed E-state index contributed by atoms with van der Waals surface area (Å²) in [6.45, 7) is 0. The Morgan fingerprint density at radius 1 is 1.36 bits per heavy atom. The highest BCUT2D eigenvalue weighted by atomic mass is 32.2. The maximum absolute atomic E-state index is 10.5. The molecular formula is C9H19NO3S. The van der Waals surface area contributed by atoms with Gasteiger partial charge in [-0.05, 0) is 31.6 Å². The van der Waals surface area contributed by atoms with Crippen LogP contribution in [0.4, 0.5) is 0 Å². The van der Waals surface area contributed by atoms with E-state index in [1.54, 1.807) is 0 Å². The lowest BCUT2D eigenvalue weighted by molar-refractivity contribution is 0.304. The molecule has 1 saturated carbocycles. The zero-order valence-corrected chi connectivity index (χ0v) is 9.17. The molecule has 0 aromatic rings. The third kappa shape index (κ3) is 4.93. The fourth-order valence-electron chi connectivity index (χ4n) is 2.15. The molecular weight excluding hydrogens is 202 g/mol. The quantitative estimate of drug-likeness (QED) is 0.698. The predicted octanol–water partition coefficient (Wildman–Crippen LogP) is 1.17. The summed E-state index contributed by atoms with van der Waals surface area (Å²) in [5.41, 5.74) is 5.82. The molecule has 1 aliphatic carbocycles. The fraction of sp³-hybridized carbons (Fsp3) is 1.00. The second-order valence-electron chi connectivity index (χ2n) is 4.22. The molecule has 14 heavy (non-hydrogen) atoms. The first-order chi connectivity index (χ1) is 6.47. The van der Waals surface area contributed by atoms with Gasteiger partial charge >= 0.3 is 0 Å². The molecule has 4 nitrogen and oxygen atoms in total. The van der Waals surface area contributed by atoms with Crippen LogP contribution >= 0.6 is 0 Å². The molecule has 0 radical (unpaired) electrons. The van der Waals surface area contributed by atoms with Crippen molar-refractivity contribution in [3.63, 3.8) is 0 Å². The highest BCUT2D eigenvalue weighted by Crippen LogP contribution is 2.26. The van der Waals surface area contributed by atoms with Crippen molar-refractivity contribution in [1.82, 2.24) is 0 Å². The maximum atomic E-state index is 10.5. The first-order valence-corrected chi connectivity index (χ1v) is 6.79. The SMILES string of the molecule is NC1CCCC(CCCS(=O)(=O)O)C1. The summed E-state index contributed by atoms with van der Waals surface area (Å²) in [4.78, 5) is 0. The second kappa shape index (κ2) is 5.09. The molecule has 0 aromatic carbocycles.